The Morgan fingerprint density at radius 3 is 2.79 bits per heavy atom. The second-order valence-corrected chi connectivity index (χ2v) is 5.22. The topological polar surface area (TPSA) is 12.0 Å². The molecule has 0 fully saturated rings. The number of halogens is 1. The fourth-order valence-electron chi connectivity index (χ4n) is 1.34. The Labute approximate surface area is 100 Å². The molecule has 1 N–H and O–H groups in total. The molecule has 0 radical (unpaired) electrons. The van der Waals surface area contributed by atoms with Gasteiger partial charge in [0, 0.05) is 15.8 Å². The summed E-state index contributed by atoms with van der Waals surface area (Å²) >= 11 is 2.34. The van der Waals surface area contributed by atoms with Crippen molar-refractivity contribution in [3.05, 3.63) is 27.8 Å². The monoisotopic (exact) mass is 303 g/mol. The third-order valence-corrected chi connectivity index (χ3v) is 2.78. The van der Waals surface area contributed by atoms with Crippen molar-refractivity contribution in [1.82, 2.24) is 0 Å². The second kappa shape index (κ2) is 6.27. The lowest BCUT2D eigenvalue weighted by molar-refractivity contribution is 0.567. The molecule has 78 valence electrons. The van der Waals surface area contributed by atoms with Crippen molar-refractivity contribution in [2.75, 3.05) is 11.9 Å². The quantitative estimate of drug-likeness (QED) is 0.637. The zero-order chi connectivity index (χ0) is 10.4. The lowest BCUT2D eigenvalue weighted by atomic mass is 10.1. The highest BCUT2D eigenvalue weighted by Gasteiger charge is 1.95. The molecule has 0 unspecified atom stereocenters. The smallest absolute Gasteiger partial charge is 0.0350 e. The first-order chi connectivity index (χ1) is 6.68. The molecule has 0 heterocycles. The van der Waals surface area contributed by atoms with Crippen molar-refractivity contribution >= 4 is 28.3 Å². The highest BCUT2D eigenvalue weighted by atomic mass is 127. The molecule has 0 aliphatic heterocycles. The summed E-state index contributed by atoms with van der Waals surface area (Å²) in [7, 11) is 0. The van der Waals surface area contributed by atoms with Crippen LogP contribution in [0.2, 0.25) is 0 Å². The van der Waals surface area contributed by atoms with E-state index in [9.17, 15) is 0 Å². The Hall–Kier alpha value is -0.250. The highest BCUT2D eigenvalue weighted by molar-refractivity contribution is 14.1. The molecular formula is C12H18IN. The van der Waals surface area contributed by atoms with Gasteiger partial charge in [-0.2, -0.15) is 0 Å². The highest BCUT2D eigenvalue weighted by Crippen LogP contribution is 2.12. The van der Waals surface area contributed by atoms with Crippen LogP contribution in [0.25, 0.3) is 0 Å². The Morgan fingerprint density at radius 1 is 1.36 bits per heavy atom. The normalized spacial score (nSPS) is 10.6. The van der Waals surface area contributed by atoms with Crippen molar-refractivity contribution in [1.29, 1.82) is 0 Å². The minimum Gasteiger partial charge on any atom is -0.385 e. The van der Waals surface area contributed by atoms with Gasteiger partial charge in [0.15, 0.2) is 0 Å². The fourth-order valence-corrected chi connectivity index (χ4v) is 1.88. The molecule has 0 aromatic heterocycles. The van der Waals surface area contributed by atoms with Crippen molar-refractivity contribution < 1.29 is 0 Å². The molecule has 0 bridgehead atoms. The molecule has 14 heavy (non-hydrogen) atoms. The summed E-state index contributed by atoms with van der Waals surface area (Å²) in [5.74, 6) is 0.813. The van der Waals surface area contributed by atoms with E-state index in [1.165, 1.54) is 22.1 Å². The molecular weight excluding hydrogens is 285 g/mol. The third-order valence-electron chi connectivity index (χ3n) is 2.11. The number of rotatable bonds is 5. The van der Waals surface area contributed by atoms with Gasteiger partial charge in [-0.1, -0.05) is 19.9 Å². The summed E-state index contributed by atoms with van der Waals surface area (Å²) in [6.45, 7) is 5.62. The van der Waals surface area contributed by atoms with Crippen molar-refractivity contribution in [2.45, 2.75) is 26.7 Å². The van der Waals surface area contributed by atoms with E-state index in [0.717, 1.165) is 12.5 Å². The van der Waals surface area contributed by atoms with Crippen LogP contribution in [0.15, 0.2) is 24.3 Å². The van der Waals surface area contributed by atoms with E-state index in [4.69, 9.17) is 0 Å². The van der Waals surface area contributed by atoms with Crippen LogP contribution < -0.4 is 5.32 Å². The van der Waals surface area contributed by atoms with E-state index in [1.54, 1.807) is 0 Å². The van der Waals surface area contributed by atoms with E-state index in [0.29, 0.717) is 0 Å². The maximum absolute atomic E-state index is 3.44. The van der Waals surface area contributed by atoms with Gasteiger partial charge in [-0.15, -0.1) is 0 Å². The van der Waals surface area contributed by atoms with Crippen molar-refractivity contribution in [3.63, 3.8) is 0 Å². The van der Waals surface area contributed by atoms with E-state index in [-0.39, 0.29) is 0 Å². The predicted octanol–water partition coefficient (Wildman–Crippen LogP) is 4.14. The fraction of sp³-hybridized carbons (Fsp3) is 0.500. The van der Waals surface area contributed by atoms with Crippen LogP contribution in [-0.2, 0) is 0 Å². The first-order valence-corrected chi connectivity index (χ1v) is 6.26. The number of hydrogen-bond acceptors (Lipinski definition) is 1. The summed E-state index contributed by atoms with van der Waals surface area (Å²) < 4.78 is 1.29. The molecule has 0 spiro atoms. The lowest BCUT2D eigenvalue weighted by Gasteiger charge is -2.07. The summed E-state index contributed by atoms with van der Waals surface area (Å²) in [6.07, 6.45) is 2.56. The van der Waals surface area contributed by atoms with Gasteiger partial charge in [0.2, 0.25) is 0 Å². The maximum Gasteiger partial charge on any atom is 0.0350 e. The van der Waals surface area contributed by atoms with Gasteiger partial charge in [0.1, 0.15) is 0 Å². The Kier molecular flexibility index (Phi) is 5.30. The standard InChI is InChI=1S/C12H18IN/c1-10(2)5-4-8-14-12-7-3-6-11(13)9-12/h3,6-7,9-10,14H,4-5,8H2,1-2H3. The predicted molar refractivity (Wildman–Crippen MR) is 71.7 cm³/mol. The Morgan fingerprint density at radius 2 is 2.14 bits per heavy atom. The molecule has 0 saturated heterocycles. The van der Waals surface area contributed by atoms with Crippen molar-refractivity contribution in [3.8, 4) is 0 Å². The van der Waals surface area contributed by atoms with Crippen LogP contribution in [0.1, 0.15) is 26.7 Å². The average molecular weight is 303 g/mol. The maximum atomic E-state index is 3.44. The number of nitrogens with one attached hydrogen (secondary N) is 1. The molecule has 0 aliphatic carbocycles. The molecule has 0 amide bonds. The number of anilines is 1. The average Bonchev–Trinajstić information content (AvgIpc) is 2.12. The largest absolute Gasteiger partial charge is 0.385 e. The minimum absolute atomic E-state index is 0.813. The molecule has 1 aromatic rings. The minimum atomic E-state index is 0.813. The Bertz CT molecular complexity index is 271. The van der Waals surface area contributed by atoms with Crippen molar-refractivity contribution in [2.24, 2.45) is 5.92 Å². The van der Waals surface area contributed by atoms with Crippen LogP contribution in [0, 0.1) is 9.49 Å². The molecule has 1 aromatic carbocycles. The van der Waals surface area contributed by atoms with Gasteiger partial charge in [0.25, 0.3) is 0 Å². The van der Waals surface area contributed by atoms with E-state index >= 15 is 0 Å². The van der Waals surface area contributed by atoms with E-state index in [2.05, 4.69) is 66.0 Å². The SMILES string of the molecule is CC(C)CCCNc1cccc(I)c1. The molecule has 0 atom stereocenters. The van der Waals surface area contributed by atoms with Gasteiger partial charge < -0.3 is 5.32 Å². The van der Waals surface area contributed by atoms with E-state index in [1.807, 2.05) is 0 Å². The van der Waals surface area contributed by atoms with Crippen LogP contribution in [0.4, 0.5) is 5.69 Å². The van der Waals surface area contributed by atoms with Gasteiger partial charge in [0.05, 0.1) is 0 Å². The number of hydrogen-bond donors (Lipinski definition) is 1. The lowest BCUT2D eigenvalue weighted by Crippen LogP contribution is -2.02. The van der Waals surface area contributed by atoms with Gasteiger partial charge >= 0.3 is 0 Å². The molecule has 2 heteroatoms. The summed E-state index contributed by atoms with van der Waals surface area (Å²) in [5, 5.41) is 3.44. The molecule has 1 nitrogen and oxygen atoms in total. The zero-order valence-electron chi connectivity index (χ0n) is 8.89. The van der Waals surface area contributed by atoms with Crippen LogP contribution >= 0.6 is 22.6 Å². The Balaban J connectivity index is 2.25. The zero-order valence-corrected chi connectivity index (χ0v) is 11.0. The van der Waals surface area contributed by atoms with Crippen LogP contribution in [0.5, 0.6) is 0 Å². The van der Waals surface area contributed by atoms with Crippen LogP contribution in [-0.4, -0.2) is 6.54 Å². The van der Waals surface area contributed by atoms with Gasteiger partial charge in [-0.05, 0) is 59.5 Å². The molecule has 1 rings (SSSR count). The summed E-state index contributed by atoms with van der Waals surface area (Å²) in [6, 6.07) is 8.50. The first-order valence-electron chi connectivity index (χ1n) is 5.18. The van der Waals surface area contributed by atoms with E-state index < -0.39 is 0 Å². The third kappa shape index (κ3) is 4.84. The summed E-state index contributed by atoms with van der Waals surface area (Å²) in [5.41, 5.74) is 1.24. The molecule has 0 saturated carbocycles. The molecule has 0 aliphatic rings. The first kappa shape index (κ1) is 11.8. The second-order valence-electron chi connectivity index (χ2n) is 3.97. The van der Waals surface area contributed by atoms with Gasteiger partial charge in [-0.3, -0.25) is 0 Å². The van der Waals surface area contributed by atoms with Gasteiger partial charge in [-0.25, -0.2) is 0 Å². The summed E-state index contributed by atoms with van der Waals surface area (Å²) in [4.78, 5) is 0. The number of benzene rings is 1. The van der Waals surface area contributed by atoms with Crippen LogP contribution in [0.3, 0.4) is 0 Å².